The Morgan fingerprint density at radius 1 is 1.16 bits per heavy atom. The van der Waals surface area contributed by atoms with Gasteiger partial charge in [-0.2, -0.15) is 0 Å². The van der Waals surface area contributed by atoms with Crippen LogP contribution in [0, 0.1) is 12.7 Å². The van der Waals surface area contributed by atoms with Gasteiger partial charge in [0.2, 0.25) is 0 Å². The number of carboxylic acids is 1. The Balaban J connectivity index is 1.73. The normalized spacial score (nSPS) is 11.5. The van der Waals surface area contributed by atoms with Crippen molar-refractivity contribution in [3.05, 3.63) is 76.8 Å². The van der Waals surface area contributed by atoms with Crippen LogP contribution in [0.4, 0.5) is 4.39 Å². The van der Waals surface area contributed by atoms with Crippen molar-refractivity contribution in [2.24, 2.45) is 0 Å². The van der Waals surface area contributed by atoms with Gasteiger partial charge in [-0.15, -0.1) is 11.3 Å². The molecule has 0 saturated heterocycles. The number of hydrogen-bond donors (Lipinski definition) is 1. The molecule has 0 fully saturated rings. The molecule has 31 heavy (non-hydrogen) atoms. The molecule has 0 aliphatic heterocycles. The first-order valence-electron chi connectivity index (χ1n) is 9.55. The van der Waals surface area contributed by atoms with Crippen molar-refractivity contribution in [3.8, 4) is 22.3 Å². The summed E-state index contributed by atoms with van der Waals surface area (Å²) < 4.78 is 16.9. The van der Waals surface area contributed by atoms with E-state index in [-0.39, 0.29) is 12.4 Å². The third kappa shape index (κ3) is 3.28. The molecule has 0 aliphatic carbocycles. The van der Waals surface area contributed by atoms with Gasteiger partial charge in [-0.05, 0) is 48.2 Å². The van der Waals surface area contributed by atoms with E-state index in [0.717, 1.165) is 38.0 Å². The number of aliphatic carboxylic acids is 1. The summed E-state index contributed by atoms with van der Waals surface area (Å²) in [7, 11) is 0. The van der Waals surface area contributed by atoms with Crippen molar-refractivity contribution < 1.29 is 14.3 Å². The Labute approximate surface area is 186 Å². The standard InChI is InChI=1S/C24H16ClFN2O2S/c1-13-24(18-9-15(26)3-5-21(18)28(13)11-23(29)30)19-12-31-22-8-14(2-4-17(19)22)16-6-7-27-10-20(16)25/h2-10,12H,11H2,1H3,(H,29,30). The van der Waals surface area contributed by atoms with Gasteiger partial charge < -0.3 is 9.67 Å². The summed E-state index contributed by atoms with van der Waals surface area (Å²) in [4.78, 5) is 15.5. The quantitative estimate of drug-likeness (QED) is 0.328. The third-order valence-electron chi connectivity index (χ3n) is 5.51. The van der Waals surface area contributed by atoms with E-state index in [4.69, 9.17) is 11.6 Å². The highest BCUT2D eigenvalue weighted by Crippen LogP contribution is 2.42. The van der Waals surface area contributed by atoms with Gasteiger partial charge in [0.25, 0.3) is 0 Å². The molecular formula is C24H16ClFN2O2S. The number of fused-ring (bicyclic) bond motifs is 2. The molecule has 2 aromatic carbocycles. The molecule has 0 spiro atoms. The van der Waals surface area contributed by atoms with Gasteiger partial charge in [-0.25, -0.2) is 4.39 Å². The van der Waals surface area contributed by atoms with Crippen LogP contribution in [-0.2, 0) is 11.3 Å². The van der Waals surface area contributed by atoms with Gasteiger partial charge in [0.05, 0.1) is 5.02 Å². The van der Waals surface area contributed by atoms with E-state index >= 15 is 0 Å². The zero-order chi connectivity index (χ0) is 21.7. The highest BCUT2D eigenvalue weighted by molar-refractivity contribution is 7.17. The molecule has 0 atom stereocenters. The fourth-order valence-electron chi connectivity index (χ4n) is 4.13. The van der Waals surface area contributed by atoms with Crippen LogP contribution in [-0.4, -0.2) is 20.6 Å². The Hall–Kier alpha value is -3.22. The summed E-state index contributed by atoms with van der Waals surface area (Å²) >= 11 is 7.90. The lowest BCUT2D eigenvalue weighted by atomic mass is 9.99. The minimum Gasteiger partial charge on any atom is -0.480 e. The van der Waals surface area contributed by atoms with Crippen molar-refractivity contribution in [2.45, 2.75) is 13.5 Å². The Morgan fingerprint density at radius 3 is 2.77 bits per heavy atom. The topological polar surface area (TPSA) is 55.1 Å². The average Bonchev–Trinajstić information content (AvgIpc) is 3.26. The van der Waals surface area contributed by atoms with Crippen LogP contribution in [0.15, 0.2) is 60.2 Å². The molecule has 0 amide bonds. The molecule has 0 radical (unpaired) electrons. The van der Waals surface area contributed by atoms with Gasteiger partial charge in [0.15, 0.2) is 0 Å². The number of pyridine rings is 1. The van der Waals surface area contributed by atoms with Crippen LogP contribution in [0.3, 0.4) is 0 Å². The largest absolute Gasteiger partial charge is 0.480 e. The maximum absolute atomic E-state index is 14.1. The number of nitrogens with zero attached hydrogens (tertiary/aromatic N) is 2. The van der Waals surface area contributed by atoms with E-state index in [1.165, 1.54) is 12.1 Å². The molecule has 3 heterocycles. The van der Waals surface area contributed by atoms with Crippen molar-refractivity contribution in [1.29, 1.82) is 0 Å². The lowest BCUT2D eigenvalue weighted by Gasteiger charge is -2.06. The zero-order valence-electron chi connectivity index (χ0n) is 16.4. The smallest absolute Gasteiger partial charge is 0.323 e. The van der Waals surface area contributed by atoms with Crippen LogP contribution in [0.5, 0.6) is 0 Å². The summed E-state index contributed by atoms with van der Waals surface area (Å²) in [6.07, 6.45) is 3.33. The van der Waals surface area contributed by atoms with Crippen molar-refractivity contribution in [3.63, 3.8) is 0 Å². The zero-order valence-corrected chi connectivity index (χ0v) is 18.0. The first-order chi connectivity index (χ1) is 14.9. The third-order valence-corrected chi connectivity index (χ3v) is 6.75. The summed E-state index contributed by atoms with van der Waals surface area (Å²) in [6, 6.07) is 12.5. The Morgan fingerprint density at radius 2 is 2.00 bits per heavy atom. The molecule has 1 N–H and O–H groups in total. The molecule has 7 heteroatoms. The summed E-state index contributed by atoms with van der Waals surface area (Å²) in [6.45, 7) is 1.70. The fourth-order valence-corrected chi connectivity index (χ4v) is 5.35. The van der Waals surface area contributed by atoms with Crippen molar-refractivity contribution in [1.82, 2.24) is 9.55 Å². The number of carbonyl (C=O) groups is 1. The summed E-state index contributed by atoms with van der Waals surface area (Å²) in [5.74, 6) is -1.29. The summed E-state index contributed by atoms with van der Waals surface area (Å²) in [5.41, 5.74) is 5.22. The van der Waals surface area contributed by atoms with E-state index in [2.05, 4.69) is 11.1 Å². The highest BCUT2D eigenvalue weighted by Gasteiger charge is 2.20. The number of thiophene rings is 1. The van der Waals surface area contributed by atoms with E-state index in [1.807, 2.05) is 30.5 Å². The van der Waals surface area contributed by atoms with E-state index < -0.39 is 5.97 Å². The van der Waals surface area contributed by atoms with Crippen molar-refractivity contribution in [2.75, 3.05) is 0 Å². The number of halogens is 2. The van der Waals surface area contributed by atoms with Crippen LogP contribution < -0.4 is 0 Å². The highest BCUT2D eigenvalue weighted by atomic mass is 35.5. The Kier molecular flexibility index (Phi) is 4.76. The van der Waals surface area contributed by atoms with E-state index in [9.17, 15) is 14.3 Å². The number of aromatic nitrogens is 2. The monoisotopic (exact) mass is 450 g/mol. The number of hydrogen-bond acceptors (Lipinski definition) is 3. The lowest BCUT2D eigenvalue weighted by Crippen LogP contribution is -2.09. The SMILES string of the molecule is Cc1c(-c2csc3cc(-c4ccncc4Cl)ccc23)c2cc(F)ccc2n1CC(=O)O. The molecule has 5 rings (SSSR count). The lowest BCUT2D eigenvalue weighted by molar-refractivity contribution is -0.137. The molecule has 5 aromatic rings. The first-order valence-corrected chi connectivity index (χ1v) is 10.8. The minimum atomic E-state index is -0.940. The predicted octanol–water partition coefficient (Wildman–Crippen LogP) is 6.77. The van der Waals surface area contributed by atoms with E-state index in [0.29, 0.717) is 15.9 Å². The van der Waals surface area contributed by atoms with Gasteiger partial charge in [-0.3, -0.25) is 9.78 Å². The molecular weight excluding hydrogens is 435 g/mol. The summed E-state index contributed by atoms with van der Waals surface area (Å²) in [5, 5.41) is 13.7. The van der Waals surface area contributed by atoms with Crippen LogP contribution in [0.25, 0.3) is 43.2 Å². The predicted molar refractivity (Wildman–Crippen MR) is 123 cm³/mol. The molecule has 0 unspecified atom stereocenters. The average molecular weight is 451 g/mol. The second-order valence-electron chi connectivity index (χ2n) is 7.32. The van der Waals surface area contributed by atoms with Crippen LogP contribution >= 0.6 is 22.9 Å². The molecule has 0 bridgehead atoms. The second-order valence-corrected chi connectivity index (χ2v) is 8.64. The minimum absolute atomic E-state index is 0.180. The molecule has 3 aromatic heterocycles. The van der Waals surface area contributed by atoms with Gasteiger partial charge in [-0.1, -0.05) is 23.7 Å². The number of benzene rings is 2. The van der Waals surface area contributed by atoms with Crippen LogP contribution in [0.1, 0.15) is 5.69 Å². The van der Waals surface area contributed by atoms with E-state index in [1.54, 1.807) is 34.4 Å². The fraction of sp³-hybridized carbons (Fsp3) is 0.0833. The van der Waals surface area contributed by atoms with Crippen LogP contribution in [0.2, 0.25) is 5.02 Å². The molecule has 0 aliphatic rings. The second kappa shape index (κ2) is 7.48. The maximum atomic E-state index is 14.1. The Bertz CT molecular complexity index is 1490. The van der Waals surface area contributed by atoms with Crippen molar-refractivity contribution >= 4 is 49.9 Å². The molecule has 154 valence electrons. The number of rotatable bonds is 4. The van der Waals surface area contributed by atoms with Gasteiger partial charge in [0, 0.05) is 55.8 Å². The maximum Gasteiger partial charge on any atom is 0.323 e. The van der Waals surface area contributed by atoms with Gasteiger partial charge in [0.1, 0.15) is 12.4 Å². The first kappa shape index (κ1) is 19.7. The molecule has 4 nitrogen and oxygen atoms in total. The van der Waals surface area contributed by atoms with Gasteiger partial charge >= 0.3 is 5.97 Å². The number of carboxylic acid groups (broad SMARTS) is 1. The molecule has 0 saturated carbocycles.